The van der Waals surface area contributed by atoms with Crippen molar-refractivity contribution in [2.24, 2.45) is 10.7 Å². The summed E-state index contributed by atoms with van der Waals surface area (Å²) in [5.41, 5.74) is 10.6. The number of carbonyl (C=O) groups is 1. The van der Waals surface area contributed by atoms with Gasteiger partial charge in [-0.15, -0.1) is 0 Å². The molecule has 5 rings (SSSR count). The van der Waals surface area contributed by atoms with Crippen LogP contribution in [0.1, 0.15) is 49.3 Å². The van der Waals surface area contributed by atoms with E-state index in [2.05, 4.69) is 27.6 Å². The Balaban J connectivity index is 1.52. The van der Waals surface area contributed by atoms with Gasteiger partial charge in [0.2, 0.25) is 11.7 Å². The molecule has 0 aliphatic carbocycles. The number of aryl methyl sites for hydroxylation is 1. The van der Waals surface area contributed by atoms with Crippen molar-refractivity contribution in [3.63, 3.8) is 0 Å². The van der Waals surface area contributed by atoms with Gasteiger partial charge < -0.3 is 15.0 Å². The van der Waals surface area contributed by atoms with Gasteiger partial charge in [-0.2, -0.15) is 4.98 Å². The first-order valence-electron chi connectivity index (χ1n) is 14.4. The Labute approximate surface area is 251 Å². The average Bonchev–Trinajstić information content (AvgIpc) is 3.42. The van der Waals surface area contributed by atoms with E-state index in [0.717, 1.165) is 49.2 Å². The lowest BCUT2D eigenvalue weighted by Crippen LogP contribution is -2.44. The van der Waals surface area contributed by atoms with E-state index in [9.17, 15) is 4.79 Å². The lowest BCUT2D eigenvalue weighted by Gasteiger charge is -2.32. The van der Waals surface area contributed by atoms with Gasteiger partial charge in [-0.25, -0.2) is 4.99 Å². The van der Waals surface area contributed by atoms with Crippen molar-refractivity contribution >= 4 is 28.9 Å². The highest BCUT2D eigenvalue weighted by Gasteiger charge is 2.32. The number of ether oxygens (including phenoxy) is 1. The Kier molecular flexibility index (Phi) is 9.64. The number of allylic oxidation sites excluding steroid dienone is 1. The van der Waals surface area contributed by atoms with Gasteiger partial charge in [0.1, 0.15) is 5.84 Å². The molecule has 0 bridgehead atoms. The molecular formula is C32H37ClN6O3. The SMILES string of the molecule is C/C=C1/C=C(c2ccc(-c3noc(C)n3)cc2Cl)C(=O)N(Cc2cccc(CCN)c2)/C1=N/C(C)NC1CCOCC1. The molecule has 0 spiro atoms. The number of carbonyl (C=O) groups excluding carboxylic acids is 1. The van der Waals surface area contributed by atoms with Crippen LogP contribution in [-0.4, -0.2) is 58.7 Å². The third kappa shape index (κ3) is 6.87. The Hall–Kier alpha value is -3.63. The van der Waals surface area contributed by atoms with Crippen LogP contribution in [0.2, 0.25) is 5.02 Å². The first kappa shape index (κ1) is 29.8. The molecule has 2 aliphatic heterocycles. The minimum Gasteiger partial charge on any atom is -0.381 e. The molecule has 10 heteroatoms. The number of amidine groups is 1. The van der Waals surface area contributed by atoms with Crippen LogP contribution in [0.15, 0.2) is 69.7 Å². The zero-order valence-electron chi connectivity index (χ0n) is 24.3. The van der Waals surface area contributed by atoms with Gasteiger partial charge in [0.25, 0.3) is 5.91 Å². The highest BCUT2D eigenvalue weighted by Crippen LogP contribution is 2.34. The number of rotatable bonds is 9. The second-order valence-electron chi connectivity index (χ2n) is 10.6. The molecule has 42 heavy (non-hydrogen) atoms. The highest BCUT2D eigenvalue weighted by atomic mass is 35.5. The van der Waals surface area contributed by atoms with Crippen molar-refractivity contribution in [1.29, 1.82) is 0 Å². The average molecular weight is 589 g/mol. The number of nitrogens with zero attached hydrogens (tertiary/aromatic N) is 4. The minimum atomic E-state index is -0.201. The summed E-state index contributed by atoms with van der Waals surface area (Å²) < 4.78 is 10.6. The molecule has 1 atom stereocenters. The summed E-state index contributed by atoms with van der Waals surface area (Å²) in [4.78, 5) is 25.4. The van der Waals surface area contributed by atoms with Crippen LogP contribution >= 0.6 is 11.6 Å². The standard InChI is InChI=1S/C32H37ClN6O3/c1-4-24-17-28(27-9-8-25(18-29(27)33)30-37-21(3)42-38-30)32(40)39(19-23-7-5-6-22(16-23)10-13-34)31(24)36-20(2)35-26-11-14-41-15-12-26/h4-9,16-18,20,26,35H,10-15,19,34H2,1-3H3/b24-4-,36-31+. The summed E-state index contributed by atoms with van der Waals surface area (Å²) in [6.07, 6.45) is 6.29. The predicted octanol–water partition coefficient (Wildman–Crippen LogP) is 5.08. The summed E-state index contributed by atoms with van der Waals surface area (Å²) in [6, 6.07) is 13.9. The van der Waals surface area contributed by atoms with E-state index in [-0.39, 0.29) is 12.1 Å². The fourth-order valence-electron chi connectivity index (χ4n) is 5.32. The fourth-order valence-corrected chi connectivity index (χ4v) is 5.61. The quantitative estimate of drug-likeness (QED) is 0.357. The van der Waals surface area contributed by atoms with Crippen LogP contribution in [0.5, 0.6) is 0 Å². The molecule has 3 N–H and O–H groups in total. The van der Waals surface area contributed by atoms with Crippen LogP contribution in [0, 0.1) is 6.92 Å². The van der Waals surface area contributed by atoms with Crippen molar-refractivity contribution in [3.05, 3.63) is 87.8 Å². The molecule has 1 fully saturated rings. The Bertz CT molecular complexity index is 1520. The number of hydrogen-bond acceptors (Lipinski definition) is 8. The molecule has 220 valence electrons. The zero-order valence-corrected chi connectivity index (χ0v) is 25.0. The number of hydrogen-bond donors (Lipinski definition) is 2. The van der Waals surface area contributed by atoms with E-state index in [0.29, 0.717) is 58.4 Å². The summed E-state index contributed by atoms with van der Waals surface area (Å²) >= 11 is 6.79. The maximum atomic E-state index is 14.3. The number of nitrogens with two attached hydrogens (primary N) is 1. The number of nitrogens with one attached hydrogen (secondary N) is 1. The molecule has 9 nitrogen and oxygen atoms in total. The molecule has 1 amide bonds. The molecular weight excluding hydrogens is 552 g/mol. The third-order valence-electron chi connectivity index (χ3n) is 7.42. The van der Waals surface area contributed by atoms with Crippen LogP contribution in [0.4, 0.5) is 0 Å². The molecule has 1 unspecified atom stereocenters. The molecule has 1 saturated heterocycles. The van der Waals surface area contributed by atoms with Gasteiger partial charge in [-0.1, -0.05) is 59.2 Å². The van der Waals surface area contributed by atoms with Crippen LogP contribution in [0.25, 0.3) is 17.0 Å². The number of aliphatic imine (C=N–C) groups is 1. The molecule has 3 aromatic rings. The van der Waals surface area contributed by atoms with E-state index in [1.54, 1.807) is 17.9 Å². The lowest BCUT2D eigenvalue weighted by molar-refractivity contribution is -0.122. The second-order valence-corrected chi connectivity index (χ2v) is 11.0. The molecule has 0 radical (unpaired) electrons. The number of aromatic nitrogens is 2. The molecule has 3 heterocycles. The molecule has 0 saturated carbocycles. The fraction of sp³-hybridized carbons (Fsp3) is 0.375. The van der Waals surface area contributed by atoms with E-state index in [1.165, 1.54) is 0 Å². The van der Waals surface area contributed by atoms with E-state index in [1.807, 2.05) is 50.3 Å². The van der Waals surface area contributed by atoms with Crippen molar-refractivity contribution in [1.82, 2.24) is 20.4 Å². The van der Waals surface area contributed by atoms with E-state index < -0.39 is 0 Å². The first-order chi connectivity index (χ1) is 20.4. The maximum absolute atomic E-state index is 14.3. The van der Waals surface area contributed by atoms with Gasteiger partial charge in [0.05, 0.1) is 12.7 Å². The lowest BCUT2D eigenvalue weighted by atomic mass is 9.95. The molecule has 1 aromatic heterocycles. The van der Waals surface area contributed by atoms with Gasteiger partial charge in [-0.05, 0) is 62.9 Å². The summed E-state index contributed by atoms with van der Waals surface area (Å²) in [7, 11) is 0. The van der Waals surface area contributed by atoms with Crippen LogP contribution in [-0.2, 0) is 22.5 Å². The number of halogens is 1. The highest BCUT2D eigenvalue weighted by molar-refractivity contribution is 6.37. The van der Waals surface area contributed by atoms with Crippen LogP contribution in [0.3, 0.4) is 0 Å². The Morgan fingerprint density at radius 1 is 1.21 bits per heavy atom. The Morgan fingerprint density at radius 2 is 2.00 bits per heavy atom. The summed E-state index contributed by atoms with van der Waals surface area (Å²) in [5.74, 6) is 1.36. The Morgan fingerprint density at radius 3 is 2.69 bits per heavy atom. The normalized spacial score (nSPS) is 19.0. The molecule has 2 aliphatic rings. The molecule has 2 aromatic carbocycles. The zero-order chi connectivity index (χ0) is 29.6. The van der Waals surface area contributed by atoms with Gasteiger partial charge in [0, 0.05) is 53.5 Å². The van der Waals surface area contributed by atoms with Crippen molar-refractivity contribution in [2.45, 2.75) is 58.8 Å². The predicted molar refractivity (Wildman–Crippen MR) is 165 cm³/mol. The topological polar surface area (TPSA) is 119 Å². The van der Waals surface area contributed by atoms with Gasteiger partial charge >= 0.3 is 0 Å². The number of benzene rings is 2. The van der Waals surface area contributed by atoms with E-state index >= 15 is 0 Å². The van der Waals surface area contributed by atoms with Gasteiger partial charge in [0.15, 0.2) is 0 Å². The first-order valence-corrected chi connectivity index (χ1v) is 14.7. The monoisotopic (exact) mass is 588 g/mol. The van der Waals surface area contributed by atoms with Crippen molar-refractivity contribution in [2.75, 3.05) is 19.8 Å². The minimum absolute atomic E-state index is 0.174. The van der Waals surface area contributed by atoms with Crippen molar-refractivity contribution in [3.8, 4) is 11.4 Å². The smallest absolute Gasteiger partial charge is 0.260 e. The largest absolute Gasteiger partial charge is 0.381 e. The second kappa shape index (κ2) is 13.6. The number of amides is 1. The van der Waals surface area contributed by atoms with Crippen molar-refractivity contribution < 1.29 is 14.1 Å². The summed E-state index contributed by atoms with van der Waals surface area (Å²) in [5, 5.41) is 8.01. The maximum Gasteiger partial charge on any atom is 0.260 e. The third-order valence-corrected chi connectivity index (χ3v) is 7.74. The van der Waals surface area contributed by atoms with E-state index in [4.69, 9.17) is 31.6 Å². The van der Waals surface area contributed by atoms with Gasteiger partial charge in [-0.3, -0.25) is 15.0 Å². The summed E-state index contributed by atoms with van der Waals surface area (Å²) in [6.45, 7) is 8.10. The van der Waals surface area contributed by atoms with Crippen LogP contribution < -0.4 is 11.1 Å².